The van der Waals surface area contributed by atoms with Gasteiger partial charge in [0.2, 0.25) is 0 Å². The molecule has 0 radical (unpaired) electrons. The second-order valence-corrected chi connectivity index (χ2v) is 4.86. The average molecular weight is 279 g/mol. The van der Waals surface area contributed by atoms with Crippen LogP contribution in [0.15, 0.2) is 65.5 Å². The molecule has 104 valence electrons. The average Bonchev–Trinajstić information content (AvgIpc) is 2.51. The van der Waals surface area contributed by atoms with Gasteiger partial charge < -0.3 is 9.67 Å². The van der Waals surface area contributed by atoms with Gasteiger partial charge in [0.05, 0.1) is 17.6 Å². The molecule has 0 saturated carbocycles. The molecule has 0 fully saturated rings. The number of aliphatic carboxylic acids is 1. The van der Waals surface area contributed by atoms with Crippen LogP contribution in [0.25, 0.3) is 21.8 Å². The summed E-state index contributed by atoms with van der Waals surface area (Å²) in [7, 11) is 0. The van der Waals surface area contributed by atoms with E-state index in [1.807, 2.05) is 28.8 Å². The first-order chi connectivity index (χ1) is 10.1. The van der Waals surface area contributed by atoms with E-state index in [1.165, 1.54) is 0 Å². The molecule has 1 aromatic heterocycles. The van der Waals surface area contributed by atoms with Gasteiger partial charge in [-0.3, -0.25) is 4.79 Å². The van der Waals surface area contributed by atoms with Gasteiger partial charge in [0.15, 0.2) is 5.43 Å². The standard InChI is InChI=1S/C17H13NO3/c1-11(17(20)21)10-18-14-8-4-2-6-12(14)16(19)13-7-3-5-9-15(13)18/h2-9H,1,10H2,(H,20,21). The van der Waals surface area contributed by atoms with Gasteiger partial charge in [-0.1, -0.05) is 30.8 Å². The molecular formula is C17H13NO3. The molecule has 0 aliphatic carbocycles. The first-order valence-electron chi connectivity index (χ1n) is 6.51. The maximum atomic E-state index is 12.5. The van der Waals surface area contributed by atoms with E-state index in [-0.39, 0.29) is 17.5 Å². The second kappa shape index (κ2) is 4.90. The molecular weight excluding hydrogens is 266 g/mol. The lowest BCUT2D eigenvalue weighted by atomic mass is 10.1. The largest absolute Gasteiger partial charge is 0.478 e. The molecule has 3 rings (SSSR count). The molecule has 2 aromatic carbocycles. The van der Waals surface area contributed by atoms with Crippen molar-refractivity contribution in [2.24, 2.45) is 0 Å². The van der Waals surface area contributed by atoms with E-state index in [1.54, 1.807) is 24.3 Å². The van der Waals surface area contributed by atoms with Crippen molar-refractivity contribution in [2.75, 3.05) is 0 Å². The molecule has 0 atom stereocenters. The van der Waals surface area contributed by atoms with Crippen LogP contribution in [0.5, 0.6) is 0 Å². The number of hydrogen-bond acceptors (Lipinski definition) is 2. The van der Waals surface area contributed by atoms with Crippen molar-refractivity contribution in [3.05, 3.63) is 70.9 Å². The van der Waals surface area contributed by atoms with Crippen LogP contribution in [0.2, 0.25) is 0 Å². The minimum absolute atomic E-state index is 0.0432. The van der Waals surface area contributed by atoms with Gasteiger partial charge in [0, 0.05) is 16.3 Å². The van der Waals surface area contributed by atoms with Crippen LogP contribution < -0.4 is 5.43 Å². The highest BCUT2D eigenvalue weighted by Crippen LogP contribution is 2.20. The minimum Gasteiger partial charge on any atom is -0.478 e. The summed E-state index contributed by atoms with van der Waals surface area (Å²) >= 11 is 0. The first kappa shape index (κ1) is 13.1. The molecule has 4 nitrogen and oxygen atoms in total. The number of fused-ring (bicyclic) bond motifs is 2. The second-order valence-electron chi connectivity index (χ2n) is 4.86. The molecule has 0 amide bonds. The Bertz CT molecular complexity index is 878. The highest BCUT2D eigenvalue weighted by atomic mass is 16.4. The zero-order valence-electron chi connectivity index (χ0n) is 11.2. The van der Waals surface area contributed by atoms with Crippen LogP contribution in [0.3, 0.4) is 0 Å². The van der Waals surface area contributed by atoms with Gasteiger partial charge in [-0.2, -0.15) is 0 Å². The van der Waals surface area contributed by atoms with E-state index in [0.717, 1.165) is 0 Å². The predicted octanol–water partition coefficient (Wildman–Crippen LogP) is 2.80. The highest BCUT2D eigenvalue weighted by Gasteiger charge is 2.12. The summed E-state index contributed by atoms with van der Waals surface area (Å²) in [6.45, 7) is 3.72. The zero-order valence-corrected chi connectivity index (χ0v) is 11.2. The van der Waals surface area contributed by atoms with Crippen molar-refractivity contribution in [3.8, 4) is 0 Å². The minimum atomic E-state index is -1.04. The SMILES string of the molecule is C=C(Cn1c2ccccc2c(=O)c2ccccc21)C(=O)O. The Morgan fingerprint density at radius 1 is 1.00 bits per heavy atom. The van der Waals surface area contributed by atoms with Crippen LogP contribution in [0, 0.1) is 0 Å². The summed E-state index contributed by atoms with van der Waals surface area (Å²) in [5.41, 5.74) is 1.46. The van der Waals surface area contributed by atoms with Crippen LogP contribution in [-0.2, 0) is 11.3 Å². The van der Waals surface area contributed by atoms with Gasteiger partial charge in [-0.15, -0.1) is 0 Å². The van der Waals surface area contributed by atoms with Crippen molar-refractivity contribution in [1.29, 1.82) is 0 Å². The molecule has 21 heavy (non-hydrogen) atoms. The van der Waals surface area contributed by atoms with Crippen LogP contribution in [0.4, 0.5) is 0 Å². The van der Waals surface area contributed by atoms with E-state index in [9.17, 15) is 9.59 Å². The lowest BCUT2D eigenvalue weighted by Crippen LogP contribution is -2.14. The molecule has 0 bridgehead atoms. The Kier molecular flexibility index (Phi) is 3.06. The summed E-state index contributed by atoms with van der Waals surface area (Å²) in [5.74, 6) is -1.04. The van der Waals surface area contributed by atoms with E-state index >= 15 is 0 Å². The Morgan fingerprint density at radius 2 is 1.48 bits per heavy atom. The number of pyridine rings is 1. The Morgan fingerprint density at radius 3 is 1.95 bits per heavy atom. The van der Waals surface area contributed by atoms with Crippen molar-refractivity contribution in [2.45, 2.75) is 6.54 Å². The molecule has 0 saturated heterocycles. The fraction of sp³-hybridized carbons (Fsp3) is 0.0588. The predicted molar refractivity (Wildman–Crippen MR) is 82.5 cm³/mol. The molecule has 0 spiro atoms. The Labute approximate surface area is 120 Å². The molecule has 3 aromatic rings. The number of aromatic nitrogens is 1. The van der Waals surface area contributed by atoms with Crippen LogP contribution in [0.1, 0.15) is 0 Å². The molecule has 0 aliphatic heterocycles. The maximum Gasteiger partial charge on any atom is 0.332 e. The fourth-order valence-corrected chi connectivity index (χ4v) is 2.51. The topological polar surface area (TPSA) is 59.3 Å². The van der Waals surface area contributed by atoms with Gasteiger partial charge in [0.1, 0.15) is 0 Å². The number of nitrogens with zero attached hydrogens (tertiary/aromatic N) is 1. The van der Waals surface area contributed by atoms with Gasteiger partial charge >= 0.3 is 5.97 Å². The van der Waals surface area contributed by atoms with E-state index in [2.05, 4.69) is 6.58 Å². The van der Waals surface area contributed by atoms with Crippen LogP contribution in [-0.4, -0.2) is 15.6 Å². The lowest BCUT2D eigenvalue weighted by molar-refractivity contribution is -0.132. The molecule has 4 heteroatoms. The van der Waals surface area contributed by atoms with Gasteiger partial charge in [-0.05, 0) is 24.3 Å². The summed E-state index contributed by atoms with van der Waals surface area (Å²) in [6.07, 6.45) is 0. The lowest BCUT2D eigenvalue weighted by Gasteiger charge is -2.14. The summed E-state index contributed by atoms with van der Waals surface area (Å²) in [6, 6.07) is 14.4. The van der Waals surface area contributed by atoms with Crippen molar-refractivity contribution in [3.63, 3.8) is 0 Å². The zero-order chi connectivity index (χ0) is 15.0. The number of carboxylic acid groups (broad SMARTS) is 1. The normalized spacial score (nSPS) is 10.9. The highest BCUT2D eigenvalue weighted by molar-refractivity contribution is 5.94. The molecule has 1 N–H and O–H groups in total. The van der Waals surface area contributed by atoms with Crippen molar-refractivity contribution >= 4 is 27.8 Å². The van der Waals surface area contributed by atoms with Gasteiger partial charge in [-0.25, -0.2) is 4.79 Å². The van der Waals surface area contributed by atoms with E-state index in [4.69, 9.17) is 5.11 Å². The quantitative estimate of drug-likeness (QED) is 0.592. The monoisotopic (exact) mass is 279 g/mol. The third-order valence-corrected chi connectivity index (χ3v) is 3.53. The maximum absolute atomic E-state index is 12.5. The van der Waals surface area contributed by atoms with Crippen molar-refractivity contribution in [1.82, 2.24) is 4.57 Å². The third kappa shape index (κ3) is 2.10. The Hall–Kier alpha value is -2.88. The van der Waals surface area contributed by atoms with E-state index < -0.39 is 5.97 Å². The smallest absolute Gasteiger partial charge is 0.332 e. The number of rotatable bonds is 3. The summed E-state index contributed by atoms with van der Waals surface area (Å²) in [5, 5.41) is 10.2. The van der Waals surface area contributed by atoms with Crippen LogP contribution >= 0.6 is 0 Å². The summed E-state index contributed by atoms with van der Waals surface area (Å²) < 4.78 is 1.82. The molecule has 0 unspecified atom stereocenters. The Balaban J connectivity index is 2.43. The number of hydrogen-bond donors (Lipinski definition) is 1. The first-order valence-corrected chi connectivity index (χ1v) is 6.51. The van der Waals surface area contributed by atoms with Gasteiger partial charge in [0.25, 0.3) is 0 Å². The number of carboxylic acids is 1. The third-order valence-electron chi connectivity index (χ3n) is 3.53. The molecule has 1 heterocycles. The van der Waals surface area contributed by atoms with Crippen molar-refractivity contribution < 1.29 is 9.90 Å². The number of carbonyl (C=O) groups is 1. The molecule has 0 aliphatic rings. The fourth-order valence-electron chi connectivity index (χ4n) is 2.51. The van der Waals surface area contributed by atoms with E-state index in [0.29, 0.717) is 21.8 Å². The number of para-hydroxylation sites is 2. The summed E-state index contributed by atoms with van der Waals surface area (Å²) in [4.78, 5) is 23.6. The number of benzene rings is 2.